The number of rotatable bonds is 5. The lowest BCUT2D eigenvalue weighted by atomic mass is 10.2. The molecular weight excluding hydrogens is 278 g/mol. The van der Waals surface area contributed by atoms with Gasteiger partial charge < -0.3 is 14.7 Å². The Morgan fingerprint density at radius 1 is 1.55 bits per heavy atom. The van der Waals surface area contributed by atoms with Crippen LogP contribution in [0.25, 0.3) is 0 Å². The second-order valence-corrected chi connectivity index (χ2v) is 5.55. The van der Waals surface area contributed by atoms with Crippen LogP contribution < -0.4 is 10.2 Å². The van der Waals surface area contributed by atoms with Crippen LogP contribution in [0.15, 0.2) is 10.6 Å². The number of nitrogens with zero attached hydrogens (tertiary/aromatic N) is 4. The van der Waals surface area contributed by atoms with Crippen molar-refractivity contribution in [1.82, 2.24) is 14.5 Å². The van der Waals surface area contributed by atoms with Gasteiger partial charge >= 0.3 is 0 Å². The normalized spacial score (nSPS) is 10.8. The van der Waals surface area contributed by atoms with E-state index in [4.69, 9.17) is 4.52 Å². The summed E-state index contributed by atoms with van der Waals surface area (Å²) in [6, 6.07) is 1.67. The van der Waals surface area contributed by atoms with Crippen LogP contribution in [0.3, 0.4) is 0 Å². The summed E-state index contributed by atoms with van der Waals surface area (Å²) in [6.07, 6.45) is 0. The Morgan fingerprint density at radius 2 is 2.30 bits per heavy atom. The first-order valence-corrected chi connectivity index (χ1v) is 7.01. The molecule has 0 radical (unpaired) electrons. The van der Waals surface area contributed by atoms with Crippen LogP contribution in [0.1, 0.15) is 31.4 Å². The van der Waals surface area contributed by atoms with E-state index in [0.29, 0.717) is 11.6 Å². The zero-order valence-corrected chi connectivity index (χ0v) is 12.7. The summed E-state index contributed by atoms with van der Waals surface area (Å²) in [7, 11) is 1.80. The highest BCUT2D eigenvalue weighted by Crippen LogP contribution is 2.20. The first-order chi connectivity index (χ1) is 9.45. The quantitative estimate of drug-likeness (QED) is 0.908. The number of hydrogen-bond donors (Lipinski definition) is 1. The Labute approximate surface area is 121 Å². The van der Waals surface area contributed by atoms with E-state index in [1.807, 2.05) is 13.8 Å². The van der Waals surface area contributed by atoms with Gasteiger partial charge in [-0.05, 0) is 6.92 Å². The molecule has 0 saturated heterocycles. The fourth-order valence-electron chi connectivity index (χ4n) is 1.51. The van der Waals surface area contributed by atoms with Crippen LogP contribution in [0.2, 0.25) is 0 Å². The molecule has 1 amide bonds. The van der Waals surface area contributed by atoms with Crippen LogP contribution in [0, 0.1) is 6.92 Å². The molecule has 20 heavy (non-hydrogen) atoms. The predicted octanol–water partition coefficient (Wildman–Crippen LogP) is 2.03. The van der Waals surface area contributed by atoms with E-state index in [-0.39, 0.29) is 18.4 Å². The second kappa shape index (κ2) is 6.00. The Kier molecular flexibility index (Phi) is 4.33. The van der Waals surface area contributed by atoms with Gasteiger partial charge in [-0.2, -0.15) is 4.37 Å². The average molecular weight is 295 g/mol. The maximum Gasteiger partial charge on any atom is 0.245 e. The molecule has 7 nitrogen and oxygen atoms in total. The third kappa shape index (κ3) is 3.53. The van der Waals surface area contributed by atoms with Crippen molar-refractivity contribution >= 4 is 28.4 Å². The molecule has 0 fully saturated rings. The van der Waals surface area contributed by atoms with Crippen LogP contribution >= 0.6 is 11.5 Å². The molecule has 2 aromatic heterocycles. The molecule has 0 aliphatic heterocycles. The number of amides is 1. The van der Waals surface area contributed by atoms with Crippen LogP contribution in [-0.2, 0) is 4.79 Å². The maximum atomic E-state index is 11.9. The number of carbonyl (C=O) groups is 1. The first-order valence-electron chi connectivity index (χ1n) is 6.23. The molecule has 0 aliphatic carbocycles. The van der Waals surface area contributed by atoms with Crippen molar-refractivity contribution in [2.24, 2.45) is 0 Å². The third-order valence-corrected chi connectivity index (χ3v) is 3.39. The van der Waals surface area contributed by atoms with Gasteiger partial charge in [0.05, 0.1) is 6.54 Å². The summed E-state index contributed by atoms with van der Waals surface area (Å²) >= 11 is 1.29. The first kappa shape index (κ1) is 14.4. The fraction of sp³-hybridized carbons (Fsp3) is 0.500. The van der Waals surface area contributed by atoms with Gasteiger partial charge in [0.25, 0.3) is 0 Å². The molecule has 2 heterocycles. The van der Waals surface area contributed by atoms with E-state index in [0.717, 1.165) is 11.0 Å². The van der Waals surface area contributed by atoms with Crippen molar-refractivity contribution in [1.29, 1.82) is 0 Å². The van der Waals surface area contributed by atoms with E-state index in [1.165, 1.54) is 11.5 Å². The average Bonchev–Trinajstić information content (AvgIpc) is 2.98. The van der Waals surface area contributed by atoms with Gasteiger partial charge in [-0.3, -0.25) is 4.79 Å². The second-order valence-electron chi connectivity index (χ2n) is 4.82. The van der Waals surface area contributed by atoms with E-state index < -0.39 is 0 Å². The van der Waals surface area contributed by atoms with Crippen molar-refractivity contribution in [2.75, 3.05) is 23.8 Å². The lowest BCUT2D eigenvalue weighted by Gasteiger charge is -2.13. The number of aryl methyl sites for hydroxylation is 1. The number of carbonyl (C=O) groups excluding carboxylic acids is 1. The highest BCUT2D eigenvalue weighted by molar-refractivity contribution is 7.09. The molecule has 108 valence electrons. The molecule has 0 aliphatic rings. The standard InChI is InChI=1S/C12H17N5O2S/c1-7(2)11-14-12(20-16-11)17(4)6-10(18)13-9-5-8(3)19-15-9/h5,7H,6H2,1-4H3,(H,13,15,18). The molecule has 0 bridgehead atoms. The molecule has 0 spiro atoms. The molecular formula is C12H17N5O2S. The highest BCUT2D eigenvalue weighted by Gasteiger charge is 2.14. The summed E-state index contributed by atoms with van der Waals surface area (Å²) in [4.78, 5) is 18.0. The van der Waals surface area contributed by atoms with E-state index in [9.17, 15) is 4.79 Å². The Hall–Kier alpha value is -1.96. The van der Waals surface area contributed by atoms with Crippen molar-refractivity contribution in [3.63, 3.8) is 0 Å². The lowest BCUT2D eigenvalue weighted by molar-refractivity contribution is -0.115. The smallest absolute Gasteiger partial charge is 0.245 e. The number of anilines is 2. The van der Waals surface area contributed by atoms with E-state index >= 15 is 0 Å². The summed E-state index contributed by atoms with van der Waals surface area (Å²) < 4.78 is 9.15. The van der Waals surface area contributed by atoms with Crippen molar-refractivity contribution in [2.45, 2.75) is 26.7 Å². The van der Waals surface area contributed by atoms with Gasteiger partial charge in [-0.15, -0.1) is 0 Å². The summed E-state index contributed by atoms with van der Waals surface area (Å²) in [5.74, 6) is 1.96. The molecule has 0 atom stereocenters. The summed E-state index contributed by atoms with van der Waals surface area (Å²) in [5.41, 5.74) is 0. The molecule has 0 aromatic carbocycles. The summed E-state index contributed by atoms with van der Waals surface area (Å²) in [5, 5.41) is 7.10. The molecule has 8 heteroatoms. The molecule has 2 rings (SSSR count). The minimum Gasteiger partial charge on any atom is -0.360 e. The number of nitrogens with one attached hydrogen (secondary N) is 1. The van der Waals surface area contributed by atoms with Crippen molar-refractivity contribution < 1.29 is 9.32 Å². The largest absolute Gasteiger partial charge is 0.360 e. The minimum atomic E-state index is -0.179. The van der Waals surface area contributed by atoms with Gasteiger partial charge in [-0.1, -0.05) is 19.0 Å². The van der Waals surface area contributed by atoms with Crippen molar-refractivity contribution in [3.05, 3.63) is 17.7 Å². The molecule has 2 aromatic rings. The zero-order valence-electron chi connectivity index (χ0n) is 11.9. The predicted molar refractivity (Wildman–Crippen MR) is 77.1 cm³/mol. The van der Waals surface area contributed by atoms with Crippen molar-refractivity contribution in [3.8, 4) is 0 Å². The maximum absolute atomic E-state index is 11.9. The van der Waals surface area contributed by atoms with Gasteiger partial charge in [0.2, 0.25) is 11.0 Å². The van der Waals surface area contributed by atoms with Gasteiger partial charge in [0.15, 0.2) is 5.82 Å². The fourth-order valence-corrected chi connectivity index (χ4v) is 2.27. The van der Waals surface area contributed by atoms with E-state index in [1.54, 1.807) is 24.9 Å². The highest BCUT2D eigenvalue weighted by atomic mass is 32.1. The van der Waals surface area contributed by atoms with Crippen LogP contribution in [0.5, 0.6) is 0 Å². The van der Waals surface area contributed by atoms with Gasteiger partial charge in [-0.25, -0.2) is 4.98 Å². The zero-order chi connectivity index (χ0) is 14.7. The lowest BCUT2D eigenvalue weighted by Crippen LogP contribution is -2.30. The topological polar surface area (TPSA) is 84.2 Å². The van der Waals surface area contributed by atoms with E-state index in [2.05, 4.69) is 19.8 Å². The Morgan fingerprint density at radius 3 is 2.85 bits per heavy atom. The van der Waals surface area contributed by atoms with Crippen LogP contribution in [-0.4, -0.2) is 34.0 Å². The summed E-state index contributed by atoms with van der Waals surface area (Å²) in [6.45, 7) is 6.01. The Bertz CT molecular complexity index is 592. The SMILES string of the molecule is Cc1cc(NC(=O)CN(C)c2nc(C(C)C)ns2)no1. The third-order valence-electron chi connectivity index (χ3n) is 2.55. The number of aromatic nitrogens is 3. The number of hydrogen-bond acceptors (Lipinski definition) is 7. The van der Waals surface area contributed by atoms with Gasteiger partial charge in [0.1, 0.15) is 11.6 Å². The molecule has 0 unspecified atom stereocenters. The monoisotopic (exact) mass is 295 g/mol. The molecule has 0 saturated carbocycles. The molecule has 1 N–H and O–H groups in total. The number of likely N-dealkylation sites (N-methyl/N-ethyl adjacent to an activating group) is 1. The van der Waals surface area contributed by atoms with Gasteiger partial charge in [0, 0.05) is 30.6 Å². The Balaban J connectivity index is 1.92. The van der Waals surface area contributed by atoms with Crippen LogP contribution in [0.4, 0.5) is 10.9 Å². The minimum absolute atomic E-state index is 0.179.